The first-order valence-corrected chi connectivity index (χ1v) is 7.41. The van der Waals surface area contributed by atoms with Gasteiger partial charge < -0.3 is 4.90 Å². The quantitative estimate of drug-likeness (QED) is 0.733. The van der Waals surface area contributed by atoms with Gasteiger partial charge in [0.15, 0.2) is 0 Å². The maximum Gasteiger partial charge on any atom is 0.256 e. The van der Waals surface area contributed by atoms with Gasteiger partial charge in [-0.25, -0.2) is 9.67 Å². The van der Waals surface area contributed by atoms with Gasteiger partial charge in [0, 0.05) is 24.3 Å². The minimum Gasteiger partial charge on any atom is -0.338 e. The summed E-state index contributed by atoms with van der Waals surface area (Å²) in [6, 6.07) is 1.79. The summed E-state index contributed by atoms with van der Waals surface area (Å²) >= 11 is 7.59. The predicted octanol–water partition coefficient (Wildman–Crippen LogP) is 2.11. The van der Waals surface area contributed by atoms with E-state index in [4.69, 9.17) is 11.6 Å². The molecule has 0 aliphatic carbocycles. The lowest BCUT2D eigenvalue weighted by Gasteiger charge is -2.16. The molecule has 9 heteroatoms. The lowest BCUT2D eigenvalue weighted by molar-refractivity contribution is 0.774. The Hall–Kier alpha value is -2.06. The monoisotopic (exact) mass is 321 g/mol. The number of aromatic nitrogens is 6. The largest absolute Gasteiger partial charge is 0.338 e. The Kier molecular flexibility index (Phi) is 3.80. The molecular weight excluding hydrogens is 310 g/mol. The molecule has 3 aromatic rings. The molecule has 0 aliphatic rings. The van der Waals surface area contributed by atoms with Crippen molar-refractivity contribution >= 4 is 28.9 Å². The van der Waals surface area contributed by atoms with E-state index in [0.29, 0.717) is 18.4 Å². The Balaban J connectivity index is 1.89. The number of anilines is 1. The average Bonchev–Trinajstić information content (AvgIpc) is 3.11. The van der Waals surface area contributed by atoms with Crippen LogP contribution in [-0.2, 0) is 6.54 Å². The van der Waals surface area contributed by atoms with E-state index in [1.54, 1.807) is 34.5 Å². The van der Waals surface area contributed by atoms with Crippen molar-refractivity contribution in [1.29, 1.82) is 0 Å². The van der Waals surface area contributed by atoms with Crippen molar-refractivity contribution in [2.45, 2.75) is 13.5 Å². The molecule has 3 aromatic heterocycles. The number of hydrogen-bond donors (Lipinski definition) is 0. The van der Waals surface area contributed by atoms with Gasteiger partial charge in [-0.1, -0.05) is 0 Å². The summed E-state index contributed by atoms with van der Waals surface area (Å²) < 4.78 is 1.54. The molecule has 0 aromatic carbocycles. The molecule has 0 atom stereocenters. The molecule has 0 radical (unpaired) electrons. The van der Waals surface area contributed by atoms with Crippen LogP contribution in [0.2, 0.25) is 5.28 Å². The number of thiazole rings is 1. The molecule has 0 amide bonds. The van der Waals surface area contributed by atoms with Crippen molar-refractivity contribution in [2.75, 3.05) is 11.9 Å². The van der Waals surface area contributed by atoms with Crippen molar-refractivity contribution in [3.05, 3.63) is 39.8 Å². The second kappa shape index (κ2) is 5.74. The highest BCUT2D eigenvalue weighted by Gasteiger charge is 2.13. The van der Waals surface area contributed by atoms with E-state index >= 15 is 0 Å². The number of aryl methyl sites for hydroxylation is 1. The Labute approximate surface area is 130 Å². The first-order chi connectivity index (χ1) is 10.1. The third kappa shape index (κ3) is 3.01. The van der Waals surface area contributed by atoms with E-state index in [2.05, 4.69) is 25.0 Å². The van der Waals surface area contributed by atoms with Crippen molar-refractivity contribution < 1.29 is 0 Å². The smallest absolute Gasteiger partial charge is 0.256 e. The highest BCUT2D eigenvalue weighted by Crippen LogP contribution is 2.18. The number of halogens is 1. The number of nitrogens with zero attached hydrogens (tertiary/aromatic N) is 7. The van der Waals surface area contributed by atoms with Gasteiger partial charge >= 0.3 is 0 Å². The number of rotatable bonds is 4. The summed E-state index contributed by atoms with van der Waals surface area (Å²) in [7, 11) is 1.90. The van der Waals surface area contributed by atoms with E-state index < -0.39 is 0 Å². The van der Waals surface area contributed by atoms with Crippen molar-refractivity contribution in [1.82, 2.24) is 29.7 Å². The van der Waals surface area contributed by atoms with Gasteiger partial charge in [0.25, 0.3) is 5.95 Å². The molecule has 0 bridgehead atoms. The van der Waals surface area contributed by atoms with E-state index in [9.17, 15) is 0 Å². The highest BCUT2D eigenvalue weighted by molar-refractivity contribution is 7.09. The summed E-state index contributed by atoms with van der Waals surface area (Å²) in [5.41, 5.74) is 2.84. The fraction of sp³-hybridized carbons (Fsp3) is 0.250. The fourth-order valence-electron chi connectivity index (χ4n) is 1.75. The molecular formula is C12H12ClN7S. The van der Waals surface area contributed by atoms with E-state index in [0.717, 1.165) is 10.6 Å². The van der Waals surface area contributed by atoms with Crippen molar-refractivity contribution in [2.24, 2.45) is 0 Å². The Morgan fingerprint density at radius 1 is 1.33 bits per heavy atom. The van der Waals surface area contributed by atoms with Crippen LogP contribution in [0.4, 0.5) is 5.95 Å². The van der Waals surface area contributed by atoms with Crippen LogP contribution in [0, 0.1) is 6.92 Å². The molecule has 0 saturated heterocycles. The zero-order chi connectivity index (χ0) is 14.8. The molecule has 108 valence electrons. The molecule has 0 aliphatic heterocycles. The fourth-order valence-corrected chi connectivity index (χ4v) is 2.73. The maximum atomic E-state index is 5.98. The molecule has 3 heterocycles. The Bertz CT molecular complexity index is 740. The molecule has 3 rings (SSSR count). The molecule has 0 N–H and O–H groups in total. The molecule has 21 heavy (non-hydrogen) atoms. The van der Waals surface area contributed by atoms with Crippen LogP contribution >= 0.6 is 22.9 Å². The first kappa shape index (κ1) is 13.9. The molecule has 0 fully saturated rings. The average molecular weight is 322 g/mol. The van der Waals surface area contributed by atoms with E-state index in [-0.39, 0.29) is 5.28 Å². The van der Waals surface area contributed by atoms with Gasteiger partial charge in [0.1, 0.15) is 0 Å². The molecule has 0 unspecified atom stereocenters. The molecule has 7 nitrogen and oxygen atoms in total. The maximum absolute atomic E-state index is 5.98. The minimum atomic E-state index is 0.137. The summed E-state index contributed by atoms with van der Waals surface area (Å²) in [5, 5.41) is 4.23. The van der Waals surface area contributed by atoms with Crippen molar-refractivity contribution in [3.8, 4) is 5.95 Å². The van der Waals surface area contributed by atoms with Crippen LogP contribution < -0.4 is 4.90 Å². The summed E-state index contributed by atoms with van der Waals surface area (Å²) in [5.74, 6) is 0.885. The summed E-state index contributed by atoms with van der Waals surface area (Å²) in [6.45, 7) is 2.64. The third-order valence-electron chi connectivity index (χ3n) is 2.86. The Morgan fingerprint density at radius 2 is 2.19 bits per heavy atom. The van der Waals surface area contributed by atoms with E-state index in [1.807, 2.05) is 24.4 Å². The molecule has 0 spiro atoms. The van der Waals surface area contributed by atoms with Crippen LogP contribution in [0.1, 0.15) is 10.6 Å². The first-order valence-electron chi connectivity index (χ1n) is 6.15. The van der Waals surface area contributed by atoms with Gasteiger partial charge in [-0.2, -0.15) is 20.1 Å². The van der Waals surface area contributed by atoms with Gasteiger partial charge in [-0.3, -0.25) is 0 Å². The van der Waals surface area contributed by atoms with E-state index in [1.165, 1.54) is 0 Å². The second-order valence-corrected chi connectivity index (χ2v) is 5.65. The van der Waals surface area contributed by atoms with Crippen molar-refractivity contribution in [3.63, 3.8) is 0 Å². The van der Waals surface area contributed by atoms with Crippen LogP contribution in [-0.4, -0.2) is 36.8 Å². The Morgan fingerprint density at radius 3 is 2.86 bits per heavy atom. The predicted molar refractivity (Wildman–Crippen MR) is 80.9 cm³/mol. The lowest BCUT2D eigenvalue weighted by Crippen LogP contribution is -2.20. The zero-order valence-electron chi connectivity index (χ0n) is 11.4. The summed E-state index contributed by atoms with van der Waals surface area (Å²) in [6.07, 6.45) is 3.41. The standard InChI is InChI=1S/C12H12ClN7S/c1-8-9(21-7-14-8)6-19(2)11-16-10(13)17-12(18-11)20-5-3-4-15-20/h3-5,7H,6H2,1-2H3. The lowest BCUT2D eigenvalue weighted by atomic mass is 10.4. The second-order valence-electron chi connectivity index (χ2n) is 4.37. The van der Waals surface area contributed by atoms with Crippen LogP contribution in [0.15, 0.2) is 24.0 Å². The number of hydrogen-bond acceptors (Lipinski definition) is 7. The minimum absolute atomic E-state index is 0.137. The van der Waals surface area contributed by atoms with Crippen LogP contribution in [0.25, 0.3) is 5.95 Å². The highest BCUT2D eigenvalue weighted by atomic mass is 35.5. The van der Waals surface area contributed by atoms with Gasteiger partial charge in [0.2, 0.25) is 11.2 Å². The van der Waals surface area contributed by atoms with Gasteiger partial charge in [-0.05, 0) is 24.6 Å². The van der Waals surface area contributed by atoms with Crippen LogP contribution in [0.3, 0.4) is 0 Å². The van der Waals surface area contributed by atoms with Gasteiger partial charge in [-0.15, -0.1) is 11.3 Å². The molecule has 0 saturated carbocycles. The third-order valence-corrected chi connectivity index (χ3v) is 3.95. The zero-order valence-corrected chi connectivity index (χ0v) is 13.0. The SMILES string of the molecule is Cc1ncsc1CN(C)c1nc(Cl)nc(-n2cccn2)n1. The van der Waals surface area contributed by atoms with Crippen LogP contribution in [0.5, 0.6) is 0 Å². The summed E-state index contributed by atoms with van der Waals surface area (Å²) in [4.78, 5) is 19.9. The topological polar surface area (TPSA) is 72.6 Å². The normalized spacial score (nSPS) is 10.8. The van der Waals surface area contributed by atoms with Gasteiger partial charge in [0.05, 0.1) is 17.7 Å².